The molecule has 2 atom stereocenters. The van der Waals surface area contributed by atoms with E-state index in [9.17, 15) is 4.79 Å². The molecule has 0 amide bonds. The number of ether oxygens (including phenoxy) is 1. The van der Waals surface area contributed by atoms with Crippen LogP contribution in [0, 0.1) is 0 Å². The zero-order valence-corrected chi connectivity index (χ0v) is 13.3. The fourth-order valence-corrected chi connectivity index (χ4v) is 3.06. The van der Waals surface area contributed by atoms with E-state index in [4.69, 9.17) is 4.74 Å². The summed E-state index contributed by atoms with van der Waals surface area (Å²) in [5.41, 5.74) is 1.74. The van der Waals surface area contributed by atoms with Crippen molar-refractivity contribution in [2.24, 2.45) is 0 Å². The summed E-state index contributed by atoms with van der Waals surface area (Å²) in [5, 5.41) is 0. The third kappa shape index (κ3) is 3.51. The molecule has 3 radical (unpaired) electrons. The standard InChI is InChI=1S/C15H11GeO2.3H2O/c16-13-14(17)11-8-4-5-9-12(11)18-15(13)10-6-2-1-3-7-10;;;/h1-9,13,15H;3*1H2. The van der Waals surface area contributed by atoms with Gasteiger partial charge in [0.25, 0.3) is 0 Å². The van der Waals surface area contributed by atoms with E-state index in [1.807, 2.05) is 71.1 Å². The van der Waals surface area contributed by atoms with Crippen LogP contribution in [-0.4, -0.2) is 38.7 Å². The van der Waals surface area contributed by atoms with Crippen LogP contribution >= 0.6 is 0 Å². The van der Waals surface area contributed by atoms with Crippen LogP contribution in [0.1, 0.15) is 22.0 Å². The second kappa shape index (κ2) is 7.94. The molecule has 0 aromatic heterocycles. The summed E-state index contributed by atoms with van der Waals surface area (Å²) in [7, 11) is 0. The second-order valence-corrected chi connectivity index (χ2v) is 5.59. The number of carbonyl (C=O) groups is 1. The summed E-state index contributed by atoms with van der Waals surface area (Å²) >= 11 is 1.93. The molecule has 2 aromatic rings. The van der Waals surface area contributed by atoms with Gasteiger partial charge < -0.3 is 16.4 Å². The Labute approximate surface area is 131 Å². The van der Waals surface area contributed by atoms with Gasteiger partial charge in [-0.1, -0.05) is 0 Å². The first-order valence-electron chi connectivity index (χ1n) is 5.83. The van der Waals surface area contributed by atoms with Crippen molar-refractivity contribution >= 4 is 22.3 Å². The van der Waals surface area contributed by atoms with E-state index >= 15 is 0 Å². The van der Waals surface area contributed by atoms with Gasteiger partial charge >= 0.3 is 114 Å². The van der Waals surface area contributed by atoms with Crippen LogP contribution in [-0.2, 0) is 0 Å². The van der Waals surface area contributed by atoms with Gasteiger partial charge in [-0.05, 0) is 0 Å². The van der Waals surface area contributed by atoms with E-state index in [0.29, 0.717) is 11.3 Å². The predicted octanol–water partition coefficient (Wildman–Crippen LogP) is 0.486. The predicted molar refractivity (Wildman–Crippen MR) is 80.9 cm³/mol. The van der Waals surface area contributed by atoms with Crippen molar-refractivity contribution in [1.82, 2.24) is 0 Å². The van der Waals surface area contributed by atoms with Crippen molar-refractivity contribution in [2.75, 3.05) is 0 Å². The molecule has 3 rings (SSSR count). The van der Waals surface area contributed by atoms with E-state index in [1.165, 1.54) is 0 Å². The van der Waals surface area contributed by atoms with Crippen LogP contribution in [0.5, 0.6) is 5.75 Å². The zero-order valence-electron chi connectivity index (χ0n) is 11.2. The number of Topliss-reactive ketones (excluding diaryl/α,β-unsaturated/α-hetero) is 1. The molecular formula is C15H17GeO5. The number of ketones is 1. The third-order valence-electron chi connectivity index (χ3n) is 3.12. The van der Waals surface area contributed by atoms with Gasteiger partial charge in [-0.15, -0.1) is 0 Å². The quantitative estimate of drug-likeness (QED) is 0.695. The Morgan fingerprint density at radius 1 is 0.857 bits per heavy atom. The Morgan fingerprint density at radius 2 is 1.43 bits per heavy atom. The van der Waals surface area contributed by atoms with Crippen LogP contribution in [0.15, 0.2) is 54.6 Å². The Morgan fingerprint density at radius 3 is 2.10 bits per heavy atom. The van der Waals surface area contributed by atoms with Gasteiger partial charge in [0.2, 0.25) is 0 Å². The molecule has 6 N–H and O–H groups in total. The molecular weight excluding hydrogens is 333 g/mol. The summed E-state index contributed by atoms with van der Waals surface area (Å²) in [6.45, 7) is 0. The van der Waals surface area contributed by atoms with E-state index in [1.54, 1.807) is 0 Å². The first kappa shape index (κ1) is 19.3. The summed E-state index contributed by atoms with van der Waals surface area (Å²) in [4.78, 5) is 12.3. The first-order chi connectivity index (χ1) is 8.77. The Bertz CT molecular complexity index is 588. The summed E-state index contributed by atoms with van der Waals surface area (Å²) in [6, 6.07) is 17.4. The number of rotatable bonds is 1. The molecule has 6 heteroatoms. The fraction of sp³-hybridized carbons (Fsp3) is 0.133. The Balaban J connectivity index is 0.00000133. The van der Waals surface area contributed by atoms with Gasteiger partial charge in [0.15, 0.2) is 0 Å². The van der Waals surface area contributed by atoms with Crippen LogP contribution in [0.3, 0.4) is 0 Å². The zero-order chi connectivity index (χ0) is 12.5. The topological polar surface area (TPSA) is 121 Å². The molecule has 1 heterocycles. The Kier molecular flexibility index (Phi) is 7.31. The number of carbonyl (C=O) groups excluding carboxylic acids is 1. The third-order valence-corrected chi connectivity index (χ3v) is 4.31. The average molecular weight is 350 g/mol. The van der Waals surface area contributed by atoms with Crippen LogP contribution < -0.4 is 4.74 Å². The van der Waals surface area contributed by atoms with Crippen LogP contribution in [0.4, 0.5) is 0 Å². The van der Waals surface area contributed by atoms with Gasteiger partial charge in [-0.25, -0.2) is 0 Å². The molecule has 0 saturated carbocycles. The van der Waals surface area contributed by atoms with Gasteiger partial charge in [0.05, 0.1) is 0 Å². The number of fused-ring (bicyclic) bond motifs is 1. The molecule has 2 aromatic carbocycles. The van der Waals surface area contributed by atoms with Gasteiger partial charge in [-0.3, -0.25) is 0 Å². The van der Waals surface area contributed by atoms with Crippen molar-refractivity contribution in [3.8, 4) is 5.75 Å². The number of benzene rings is 2. The molecule has 5 nitrogen and oxygen atoms in total. The second-order valence-electron chi connectivity index (χ2n) is 4.29. The molecule has 111 valence electrons. The number of para-hydroxylation sites is 1. The van der Waals surface area contributed by atoms with E-state index < -0.39 is 0 Å². The minimum atomic E-state index is -0.186. The summed E-state index contributed by atoms with van der Waals surface area (Å²) in [5.74, 6) is 0.847. The van der Waals surface area contributed by atoms with E-state index in [-0.39, 0.29) is 33.1 Å². The normalized spacial score (nSPS) is 19.0. The van der Waals surface area contributed by atoms with E-state index in [0.717, 1.165) is 5.56 Å². The average Bonchev–Trinajstić information content (AvgIpc) is 2.44. The maximum absolute atomic E-state index is 12.3. The molecule has 0 saturated heterocycles. The van der Waals surface area contributed by atoms with Gasteiger partial charge in [-0.2, -0.15) is 0 Å². The van der Waals surface area contributed by atoms with Gasteiger partial charge in [0, 0.05) is 0 Å². The fourth-order valence-electron chi connectivity index (χ4n) is 2.19. The maximum atomic E-state index is 12.3. The minimum absolute atomic E-state index is 0. The van der Waals surface area contributed by atoms with Crippen molar-refractivity contribution in [1.29, 1.82) is 0 Å². The number of hydrogen-bond donors (Lipinski definition) is 0. The monoisotopic (exact) mass is 351 g/mol. The first-order valence-corrected chi connectivity index (χ1v) is 7.04. The molecule has 2 unspecified atom stereocenters. The van der Waals surface area contributed by atoms with Crippen molar-refractivity contribution < 1.29 is 26.0 Å². The molecule has 0 spiro atoms. The summed E-state index contributed by atoms with van der Waals surface area (Å²) < 4.78 is 5.83. The SMILES string of the molecule is O.O.O.O=C1c2ccccc2OC(c2ccccc2)[CH]1[Ge]. The van der Waals surface area contributed by atoms with Gasteiger partial charge in [0.1, 0.15) is 0 Å². The van der Waals surface area contributed by atoms with Crippen molar-refractivity contribution in [3.05, 3.63) is 65.7 Å². The van der Waals surface area contributed by atoms with Crippen molar-refractivity contribution in [2.45, 2.75) is 10.9 Å². The van der Waals surface area contributed by atoms with E-state index in [2.05, 4.69) is 0 Å². The molecule has 1 aliphatic rings. The molecule has 0 bridgehead atoms. The van der Waals surface area contributed by atoms with Crippen LogP contribution in [0.2, 0.25) is 4.75 Å². The number of hydrogen-bond acceptors (Lipinski definition) is 2. The Hall–Kier alpha value is -1.67. The molecule has 0 fully saturated rings. The van der Waals surface area contributed by atoms with Crippen molar-refractivity contribution in [3.63, 3.8) is 0 Å². The molecule has 21 heavy (non-hydrogen) atoms. The summed E-state index contributed by atoms with van der Waals surface area (Å²) in [6.07, 6.45) is -0.186. The molecule has 1 aliphatic heterocycles. The van der Waals surface area contributed by atoms with Crippen LogP contribution in [0.25, 0.3) is 0 Å². The molecule has 0 aliphatic carbocycles.